The molecule has 1 unspecified atom stereocenters. The predicted octanol–water partition coefficient (Wildman–Crippen LogP) is 1.37. The second kappa shape index (κ2) is 7.79. The van der Waals surface area contributed by atoms with Gasteiger partial charge in [-0.3, -0.25) is 10.1 Å². The molecule has 0 aromatic heterocycles. The van der Waals surface area contributed by atoms with E-state index in [4.69, 9.17) is 10.00 Å². The molecule has 0 aliphatic heterocycles. The SMILES string of the molecule is CCNC(=O)NC(=O)C(C)Oc1ccc(CC#N)cc1. The van der Waals surface area contributed by atoms with Crippen molar-refractivity contribution < 1.29 is 14.3 Å². The van der Waals surface area contributed by atoms with Crippen molar-refractivity contribution >= 4 is 11.9 Å². The standard InChI is InChI=1S/C14H17N3O3/c1-3-16-14(19)17-13(18)10(2)20-12-6-4-11(5-7-12)8-9-15/h4-7,10H,3,8H2,1-2H3,(H2,16,17,18,19). The Morgan fingerprint density at radius 2 is 2.00 bits per heavy atom. The molecule has 0 spiro atoms. The van der Waals surface area contributed by atoms with Crippen LogP contribution in [0.2, 0.25) is 0 Å². The zero-order chi connectivity index (χ0) is 15.0. The van der Waals surface area contributed by atoms with Crippen molar-refractivity contribution in [2.75, 3.05) is 6.54 Å². The highest BCUT2D eigenvalue weighted by molar-refractivity contribution is 5.96. The number of hydrogen-bond donors (Lipinski definition) is 2. The van der Waals surface area contributed by atoms with Crippen LogP contribution in [0.15, 0.2) is 24.3 Å². The molecule has 0 saturated heterocycles. The highest BCUT2D eigenvalue weighted by Gasteiger charge is 2.16. The van der Waals surface area contributed by atoms with E-state index in [-0.39, 0.29) is 0 Å². The maximum absolute atomic E-state index is 11.7. The number of nitriles is 1. The molecule has 106 valence electrons. The van der Waals surface area contributed by atoms with E-state index >= 15 is 0 Å². The van der Waals surface area contributed by atoms with Gasteiger partial charge in [-0.05, 0) is 31.5 Å². The summed E-state index contributed by atoms with van der Waals surface area (Å²) in [6, 6.07) is 8.38. The highest BCUT2D eigenvalue weighted by Crippen LogP contribution is 2.14. The number of benzene rings is 1. The summed E-state index contributed by atoms with van der Waals surface area (Å²) >= 11 is 0. The summed E-state index contributed by atoms with van der Waals surface area (Å²) in [6.45, 7) is 3.75. The molecule has 1 aromatic carbocycles. The van der Waals surface area contributed by atoms with E-state index in [1.54, 1.807) is 38.1 Å². The molecule has 1 aromatic rings. The molecule has 0 bridgehead atoms. The molecule has 0 radical (unpaired) electrons. The summed E-state index contributed by atoms with van der Waals surface area (Å²) in [4.78, 5) is 22.9. The minimum atomic E-state index is -0.792. The van der Waals surface area contributed by atoms with E-state index in [0.29, 0.717) is 18.7 Å². The summed E-state index contributed by atoms with van der Waals surface area (Å²) < 4.78 is 5.41. The van der Waals surface area contributed by atoms with Gasteiger partial charge < -0.3 is 10.1 Å². The molecule has 0 aliphatic rings. The Kier molecular flexibility index (Phi) is 6.04. The Labute approximate surface area is 117 Å². The molecule has 0 aliphatic carbocycles. The number of nitrogens with one attached hydrogen (secondary N) is 2. The van der Waals surface area contributed by atoms with E-state index in [9.17, 15) is 9.59 Å². The van der Waals surface area contributed by atoms with Crippen LogP contribution in [0.25, 0.3) is 0 Å². The van der Waals surface area contributed by atoms with E-state index in [1.807, 2.05) is 6.07 Å². The van der Waals surface area contributed by atoms with E-state index in [0.717, 1.165) is 5.56 Å². The number of hydrogen-bond acceptors (Lipinski definition) is 4. The number of carbonyl (C=O) groups is 2. The average Bonchev–Trinajstić information content (AvgIpc) is 2.41. The number of rotatable bonds is 5. The molecule has 0 heterocycles. The summed E-state index contributed by atoms with van der Waals surface area (Å²) in [6.07, 6.45) is -0.465. The van der Waals surface area contributed by atoms with Gasteiger partial charge in [0.1, 0.15) is 5.75 Å². The number of ether oxygens (including phenoxy) is 1. The van der Waals surface area contributed by atoms with Crippen LogP contribution in [0.4, 0.5) is 4.79 Å². The molecule has 1 rings (SSSR count). The zero-order valence-electron chi connectivity index (χ0n) is 11.5. The van der Waals surface area contributed by atoms with Gasteiger partial charge in [0.25, 0.3) is 5.91 Å². The lowest BCUT2D eigenvalue weighted by atomic mass is 10.2. The molecular weight excluding hydrogens is 258 g/mol. The van der Waals surface area contributed by atoms with Gasteiger partial charge in [0.2, 0.25) is 0 Å². The van der Waals surface area contributed by atoms with Crippen molar-refractivity contribution in [1.29, 1.82) is 5.26 Å². The molecule has 6 heteroatoms. The summed E-state index contributed by atoms with van der Waals surface area (Å²) in [7, 11) is 0. The van der Waals surface area contributed by atoms with E-state index in [2.05, 4.69) is 10.6 Å². The first-order valence-corrected chi connectivity index (χ1v) is 6.28. The van der Waals surface area contributed by atoms with Crippen LogP contribution in [0.1, 0.15) is 19.4 Å². The maximum atomic E-state index is 11.7. The first-order chi connectivity index (χ1) is 9.56. The Bertz CT molecular complexity index is 505. The van der Waals surface area contributed by atoms with Crippen LogP contribution in [0.3, 0.4) is 0 Å². The number of urea groups is 1. The summed E-state index contributed by atoms with van der Waals surface area (Å²) in [5, 5.41) is 13.2. The van der Waals surface area contributed by atoms with Crippen molar-refractivity contribution in [2.45, 2.75) is 26.4 Å². The molecule has 6 nitrogen and oxygen atoms in total. The summed E-state index contributed by atoms with van der Waals surface area (Å²) in [5.74, 6) is -0.0118. The molecule has 0 saturated carbocycles. The van der Waals surface area contributed by atoms with E-state index < -0.39 is 18.0 Å². The van der Waals surface area contributed by atoms with Crippen molar-refractivity contribution in [3.63, 3.8) is 0 Å². The largest absolute Gasteiger partial charge is 0.481 e. The average molecular weight is 275 g/mol. The van der Waals surface area contributed by atoms with Crippen LogP contribution in [-0.2, 0) is 11.2 Å². The van der Waals surface area contributed by atoms with Crippen LogP contribution in [0, 0.1) is 11.3 Å². The molecular formula is C14H17N3O3. The molecule has 1 atom stereocenters. The van der Waals surface area contributed by atoms with Gasteiger partial charge in [-0.1, -0.05) is 12.1 Å². The fraction of sp³-hybridized carbons (Fsp3) is 0.357. The third-order valence-corrected chi connectivity index (χ3v) is 2.46. The minimum Gasteiger partial charge on any atom is -0.481 e. The van der Waals surface area contributed by atoms with Gasteiger partial charge in [0.15, 0.2) is 6.10 Å². The number of nitrogens with zero attached hydrogens (tertiary/aromatic N) is 1. The van der Waals surface area contributed by atoms with Crippen LogP contribution < -0.4 is 15.4 Å². The third-order valence-electron chi connectivity index (χ3n) is 2.46. The number of imide groups is 1. The predicted molar refractivity (Wildman–Crippen MR) is 73.1 cm³/mol. The lowest BCUT2D eigenvalue weighted by Crippen LogP contribution is -2.45. The fourth-order valence-corrected chi connectivity index (χ4v) is 1.45. The Hall–Kier alpha value is -2.55. The first kappa shape index (κ1) is 15.5. The summed E-state index contributed by atoms with van der Waals surface area (Å²) in [5.41, 5.74) is 0.874. The van der Waals surface area contributed by atoms with Crippen LogP contribution in [-0.4, -0.2) is 24.6 Å². The van der Waals surface area contributed by atoms with Crippen LogP contribution in [0.5, 0.6) is 5.75 Å². The monoisotopic (exact) mass is 275 g/mol. The Morgan fingerprint density at radius 3 is 2.55 bits per heavy atom. The van der Waals surface area contributed by atoms with Crippen molar-refractivity contribution in [3.05, 3.63) is 29.8 Å². The lowest BCUT2D eigenvalue weighted by molar-refractivity contribution is -0.126. The normalized spacial score (nSPS) is 11.1. The smallest absolute Gasteiger partial charge is 0.321 e. The van der Waals surface area contributed by atoms with Gasteiger partial charge in [0, 0.05) is 6.54 Å². The molecule has 20 heavy (non-hydrogen) atoms. The van der Waals surface area contributed by atoms with Crippen molar-refractivity contribution in [2.24, 2.45) is 0 Å². The first-order valence-electron chi connectivity index (χ1n) is 6.28. The fourth-order valence-electron chi connectivity index (χ4n) is 1.45. The zero-order valence-corrected chi connectivity index (χ0v) is 11.5. The second-order valence-corrected chi connectivity index (χ2v) is 4.09. The van der Waals surface area contributed by atoms with Gasteiger partial charge in [-0.15, -0.1) is 0 Å². The van der Waals surface area contributed by atoms with Crippen LogP contribution >= 0.6 is 0 Å². The molecule has 0 fully saturated rings. The molecule has 2 N–H and O–H groups in total. The van der Waals surface area contributed by atoms with Crippen molar-refractivity contribution in [1.82, 2.24) is 10.6 Å². The van der Waals surface area contributed by atoms with Gasteiger partial charge in [-0.2, -0.15) is 5.26 Å². The van der Waals surface area contributed by atoms with E-state index in [1.165, 1.54) is 0 Å². The van der Waals surface area contributed by atoms with Gasteiger partial charge in [0.05, 0.1) is 12.5 Å². The minimum absolute atomic E-state index is 0.327. The Morgan fingerprint density at radius 1 is 1.35 bits per heavy atom. The highest BCUT2D eigenvalue weighted by atomic mass is 16.5. The Balaban J connectivity index is 2.52. The maximum Gasteiger partial charge on any atom is 0.321 e. The second-order valence-electron chi connectivity index (χ2n) is 4.09. The topological polar surface area (TPSA) is 91.2 Å². The third kappa shape index (κ3) is 4.98. The lowest BCUT2D eigenvalue weighted by Gasteiger charge is -2.14. The van der Waals surface area contributed by atoms with Gasteiger partial charge >= 0.3 is 6.03 Å². The number of amides is 3. The number of carbonyl (C=O) groups excluding carboxylic acids is 2. The van der Waals surface area contributed by atoms with Gasteiger partial charge in [-0.25, -0.2) is 4.79 Å². The molecule has 3 amide bonds. The quantitative estimate of drug-likeness (QED) is 0.849. The van der Waals surface area contributed by atoms with Crippen molar-refractivity contribution in [3.8, 4) is 11.8 Å².